The van der Waals surface area contributed by atoms with Crippen molar-refractivity contribution in [2.24, 2.45) is 11.8 Å². The molecule has 1 aliphatic carbocycles. The minimum absolute atomic E-state index is 0.0207. The highest BCUT2D eigenvalue weighted by Crippen LogP contribution is 2.29. The summed E-state index contributed by atoms with van der Waals surface area (Å²) in [4.78, 5) is 18.5. The van der Waals surface area contributed by atoms with Gasteiger partial charge in [0.1, 0.15) is 12.3 Å². The molecule has 0 radical (unpaired) electrons. The maximum atomic E-state index is 12.4. The minimum Gasteiger partial charge on any atom is -0.497 e. The van der Waals surface area contributed by atoms with Crippen LogP contribution < -0.4 is 15.0 Å². The van der Waals surface area contributed by atoms with E-state index in [4.69, 9.17) is 9.26 Å². The number of likely N-dealkylation sites (N-methyl/N-ethyl adjacent to an activating group) is 1. The summed E-state index contributed by atoms with van der Waals surface area (Å²) in [5.41, 5.74) is 0.827. The number of methoxy groups -OCH3 is 1. The largest absolute Gasteiger partial charge is 0.497 e. The van der Waals surface area contributed by atoms with Gasteiger partial charge in [0.25, 0.3) is 0 Å². The van der Waals surface area contributed by atoms with Gasteiger partial charge in [0.2, 0.25) is 11.7 Å². The second-order valence-corrected chi connectivity index (χ2v) is 7.43. The van der Waals surface area contributed by atoms with E-state index in [9.17, 15) is 4.79 Å². The van der Waals surface area contributed by atoms with E-state index in [2.05, 4.69) is 29.3 Å². The molecule has 3 rings (SSSR count). The van der Waals surface area contributed by atoms with Gasteiger partial charge in [-0.15, -0.1) is 0 Å². The van der Waals surface area contributed by atoms with Crippen LogP contribution in [0, 0.1) is 11.8 Å². The Bertz CT molecular complexity index is 759. The monoisotopic (exact) mass is 372 g/mol. The molecular weight excluding hydrogens is 344 g/mol. The van der Waals surface area contributed by atoms with Crippen LogP contribution in [-0.4, -0.2) is 42.8 Å². The number of anilines is 1. The van der Waals surface area contributed by atoms with E-state index in [0.29, 0.717) is 23.7 Å². The summed E-state index contributed by atoms with van der Waals surface area (Å²) in [6.07, 6.45) is 3.45. The number of aromatic nitrogens is 2. The molecular formula is C20H28N4O3. The molecule has 1 aromatic carbocycles. The van der Waals surface area contributed by atoms with E-state index in [-0.39, 0.29) is 18.5 Å². The minimum atomic E-state index is -0.0207. The predicted molar refractivity (Wildman–Crippen MR) is 104 cm³/mol. The first-order valence-corrected chi connectivity index (χ1v) is 9.46. The molecule has 1 amide bonds. The fourth-order valence-corrected chi connectivity index (χ4v) is 3.55. The highest BCUT2D eigenvalue weighted by atomic mass is 16.5. The summed E-state index contributed by atoms with van der Waals surface area (Å²) < 4.78 is 10.5. The summed E-state index contributed by atoms with van der Waals surface area (Å²) in [6.45, 7) is 4.66. The summed E-state index contributed by atoms with van der Waals surface area (Å²) in [5.74, 6) is 2.37. The zero-order valence-corrected chi connectivity index (χ0v) is 16.4. The van der Waals surface area contributed by atoms with Crippen molar-refractivity contribution < 1.29 is 14.1 Å². The van der Waals surface area contributed by atoms with Crippen LogP contribution in [0.5, 0.6) is 5.75 Å². The normalized spacial score (nSPS) is 22.3. The van der Waals surface area contributed by atoms with Crippen LogP contribution in [0.3, 0.4) is 0 Å². The molecule has 1 aromatic heterocycles. The number of hydrogen-bond acceptors (Lipinski definition) is 6. The molecule has 1 N–H and O–H groups in total. The number of ether oxygens (including phenoxy) is 1. The Hall–Kier alpha value is -2.57. The number of amides is 1. The molecule has 3 atom stereocenters. The average molecular weight is 372 g/mol. The van der Waals surface area contributed by atoms with Crippen molar-refractivity contribution in [1.82, 2.24) is 15.5 Å². The number of nitrogens with one attached hydrogen (secondary N) is 1. The van der Waals surface area contributed by atoms with E-state index in [1.807, 2.05) is 24.3 Å². The molecule has 1 fully saturated rings. The molecule has 146 valence electrons. The highest BCUT2D eigenvalue weighted by molar-refractivity contribution is 5.80. The summed E-state index contributed by atoms with van der Waals surface area (Å²) >= 11 is 0. The van der Waals surface area contributed by atoms with E-state index < -0.39 is 0 Å². The van der Waals surface area contributed by atoms with Crippen molar-refractivity contribution >= 4 is 11.9 Å². The van der Waals surface area contributed by atoms with Crippen molar-refractivity contribution in [2.75, 3.05) is 25.6 Å². The molecule has 0 saturated heterocycles. The van der Waals surface area contributed by atoms with Crippen molar-refractivity contribution in [2.45, 2.75) is 39.2 Å². The highest BCUT2D eigenvalue weighted by Gasteiger charge is 2.28. The van der Waals surface area contributed by atoms with E-state index in [0.717, 1.165) is 17.7 Å². The lowest BCUT2D eigenvalue weighted by Crippen LogP contribution is -2.47. The molecule has 0 bridgehead atoms. The van der Waals surface area contributed by atoms with Crippen LogP contribution in [0.1, 0.15) is 33.1 Å². The molecule has 1 heterocycles. The standard InChI is InChI=1S/C20H28N4O3/c1-13-6-5-7-17(14(13)2)21-18(25)12-24(3)20-22-19(23-27-20)15-8-10-16(26-4)11-9-15/h8-11,13-14,17H,5-7,12H2,1-4H3,(H,21,25). The van der Waals surface area contributed by atoms with Gasteiger partial charge in [-0.25, -0.2) is 0 Å². The van der Waals surface area contributed by atoms with Crippen molar-refractivity contribution in [3.63, 3.8) is 0 Å². The second kappa shape index (κ2) is 8.41. The quantitative estimate of drug-likeness (QED) is 0.839. The molecule has 7 nitrogen and oxygen atoms in total. The van der Waals surface area contributed by atoms with Gasteiger partial charge in [-0.1, -0.05) is 31.8 Å². The van der Waals surface area contributed by atoms with Crippen molar-refractivity contribution in [1.29, 1.82) is 0 Å². The fraction of sp³-hybridized carbons (Fsp3) is 0.550. The predicted octanol–water partition coefficient (Wildman–Crippen LogP) is 3.12. The summed E-state index contributed by atoms with van der Waals surface area (Å²) in [6, 6.07) is 7.98. The molecule has 0 spiro atoms. The first kappa shape index (κ1) is 19.2. The molecule has 0 aliphatic heterocycles. The van der Waals surface area contributed by atoms with Gasteiger partial charge in [-0.3, -0.25) is 4.79 Å². The molecule has 7 heteroatoms. The maximum Gasteiger partial charge on any atom is 0.324 e. The third-order valence-electron chi connectivity index (χ3n) is 5.52. The lowest BCUT2D eigenvalue weighted by Gasteiger charge is -2.34. The van der Waals surface area contributed by atoms with E-state index in [1.54, 1.807) is 19.1 Å². The Balaban J connectivity index is 1.58. The van der Waals surface area contributed by atoms with E-state index >= 15 is 0 Å². The zero-order chi connectivity index (χ0) is 19.4. The number of carbonyl (C=O) groups is 1. The van der Waals surface area contributed by atoms with Gasteiger partial charge in [-0.05, 0) is 42.5 Å². The van der Waals surface area contributed by atoms with Crippen LogP contribution in [0.25, 0.3) is 11.4 Å². The van der Waals surface area contributed by atoms with Crippen LogP contribution in [-0.2, 0) is 4.79 Å². The lowest BCUT2D eigenvalue weighted by atomic mass is 9.78. The first-order valence-electron chi connectivity index (χ1n) is 9.46. The van der Waals surface area contributed by atoms with Crippen LogP contribution >= 0.6 is 0 Å². The number of nitrogens with zero attached hydrogens (tertiary/aromatic N) is 3. The average Bonchev–Trinajstić information content (AvgIpc) is 3.16. The topological polar surface area (TPSA) is 80.5 Å². The fourth-order valence-electron chi connectivity index (χ4n) is 3.55. The van der Waals surface area contributed by atoms with Gasteiger partial charge in [0, 0.05) is 18.7 Å². The molecule has 3 unspecified atom stereocenters. The number of rotatable bonds is 6. The Kier molecular flexibility index (Phi) is 5.98. The molecule has 1 aliphatic rings. The third-order valence-corrected chi connectivity index (χ3v) is 5.52. The van der Waals surface area contributed by atoms with Crippen LogP contribution in [0.4, 0.5) is 6.01 Å². The zero-order valence-electron chi connectivity index (χ0n) is 16.4. The van der Waals surface area contributed by atoms with Gasteiger partial charge in [0.05, 0.1) is 7.11 Å². The van der Waals surface area contributed by atoms with Gasteiger partial charge in [-0.2, -0.15) is 4.98 Å². The second-order valence-electron chi connectivity index (χ2n) is 7.43. The maximum absolute atomic E-state index is 12.4. The number of carbonyl (C=O) groups excluding carboxylic acids is 1. The van der Waals surface area contributed by atoms with Gasteiger partial charge in [0.15, 0.2) is 0 Å². The Morgan fingerprint density at radius 2 is 2.04 bits per heavy atom. The number of benzene rings is 1. The van der Waals surface area contributed by atoms with Crippen molar-refractivity contribution in [3.8, 4) is 17.1 Å². The Morgan fingerprint density at radius 1 is 1.30 bits per heavy atom. The van der Waals surface area contributed by atoms with Gasteiger partial charge >= 0.3 is 6.01 Å². The Morgan fingerprint density at radius 3 is 2.74 bits per heavy atom. The summed E-state index contributed by atoms with van der Waals surface area (Å²) in [7, 11) is 3.40. The van der Waals surface area contributed by atoms with Crippen LogP contribution in [0.2, 0.25) is 0 Å². The number of hydrogen-bond donors (Lipinski definition) is 1. The Labute approximate surface area is 160 Å². The smallest absolute Gasteiger partial charge is 0.324 e. The molecule has 27 heavy (non-hydrogen) atoms. The van der Waals surface area contributed by atoms with Crippen molar-refractivity contribution in [3.05, 3.63) is 24.3 Å². The molecule has 2 aromatic rings. The lowest BCUT2D eigenvalue weighted by molar-refractivity contribution is -0.121. The first-order chi connectivity index (χ1) is 13.0. The third kappa shape index (κ3) is 4.59. The van der Waals surface area contributed by atoms with Crippen LogP contribution in [0.15, 0.2) is 28.8 Å². The summed E-state index contributed by atoms with van der Waals surface area (Å²) in [5, 5.41) is 7.17. The SMILES string of the molecule is COc1ccc(-c2noc(N(C)CC(=O)NC3CCCC(C)C3C)n2)cc1. The molecule has 1 saturated carbocycles. The van der Waals surface area contributed by atoms with Gasteiger partial charge < -0.3 is 19.5 Å². The van der Waals surface area contributed by atoms with E-state index in [1.165, 1.54) is 12.8 Å².